The third-order valence-electron chi connectivity index (χ3n) is 2.53. The number of hydrogen-bond donors (Lipinski definition) is 4. The molecule has 1 saturated heterocycles. The predicted molar refractivity (Wildman–Crippen MR) is 59.3 cm³/mol. The van der Waals surface area contributed by atoms with Crippen molar-refractivity contribution in [3.63, 3.8) is 0 Å². The van der Waals surface area contributed by atoms with Crippen LogP contribution in [0.2, 0.25) is 0 Å². The van der Waals surface area contributed by atoms with Crippen LogP contribution in [-0.4, -0.2) is 48.1 Å². The van der Waals surface area contributed by atoms with Gasteiger partial charge in [0.05, 0.1) is 6.04 Å². The fourth-order valence-electron chi connectivity index (χ4n) is 1.67. The molecule has 0 bridgehead atoms. The van der Waals surface area contributed by atoms with E-state index in [0.29, 0.717) is 13.0 Å². The normalized spacial score (nSPS) is 21.5. The maximum absolute atomic E-state index is 11.4. The zero-order valence-electron chi connectivity index (χ0n) is 9.66. The minimum absolute atomic E-state index is 0.0347. The summed E-state index contributed by atoms with van der Waals surface area (Å²) < 4.78 is 0. The van der Waals surface area contributed by atoms with Gasteiger partial charge in [0.25, 0.3) is 0 Å². The van der Waals surface area contributed by atoms with Gasteiger partial charge in [-0.2, -0.15) is 0 Å². The summed E-state index contributed by atoms with van der Waals surface area (Å²) in [5, 5.41) is 16.7. The second-order valence-corrected chi connectivity index (χ2v) is 3.99. The molecule has 1 rings (SSSR count). The summed E-state index contributed by atoms with van der Waals surface area (Å²) in [6, 6.07) is -1.39. The van der Waals surface area contributed by atoms with Crippen LogP contribution < -0.4 is 16.0 Å². The molecule has 7 nitrogen and oxygen atoms in total. The van der Waals surface area contributed by atoms with Crippen molar-refractivity contribution in [1.82, 2.24) is 16.0 Å². The second kappa shape index (κ2) is 6.19. The lowest BCUT2D eigenvalue weighted by molar-refractivity contribution is -0.141. The molecule has 0 aromatic carbocycles. The van der Waals surface area contributed by atoms with Crippen LogP contribution in [-0.2, 0) is 14.4 Å². The molecule has 0 aromatic rings. The molecule has 0 aromatic heterocycles. The number of carboxylic acids is 1. The molecule has 1 heterocycles. The monoisotopic (exact) mass is 243 g/mol. The van der Waals surface area contributed by atoms with Gasteiger partial charge in [0.1, 0.15) is 6.04 Å². The average Bonchev–Trinajstić information content (AvgIpc) is 2.25. The van der Waals surface area contributed by atoms with Gasteiger partial charge in [-0.15, -0.1) is 0 Å². The number of hydrogen-bond acceptors (Lipinski definition) is 4. The van der Waals surface area contributed by atoms with Gasteiger partial charge < -0.3 is 21.1 Å². The van der Waals surface area contributed by atoms with E-state index in [1.807, 2.05) is 0 Å². The Hall–Kier alpha value is -1.63. The van der Waals surface area contributed by atoms with Crippen molar-refractivity contribution in [2.75, 3.05) is 13.1 Å². The van der Waals surface area contributed by atoms with Crippen molar-refractivity contribution < 1.29 is 19.5 Å². The van der Waals surface area contributed by atoms with E-state index in [4.69, 9.17) is 5.11 Å². The summed E-state index contributed by atoms with van der Waals surface area (Å²) in [5.41, 5.74) is 0. The summed E-state index contributed by atoms with van der Waals surface area (Å²) >= 11 is 0. The van der Waals surface area contributed by atoms with Gasteiger partial charge in [-0.05, 0) is 12.8 Å². The third kappa shape index (κ3) is 4.39. The van der Waals surface area contributed by atoms with Gasteiger partial charge in [0.2, 0.25) is 11.8 Å². The predicted octanol–water partition coefficient (Wildman–Crippen LogP) is -1.56. The molecular weight excluding hydrogens is 226 g/mol. The molecule has 96 valence electrons. The van der Waals surface area contributed by atoms with Crippen LogP contribution in [0.25, 0.3) is 0 Å². The van der Waals surface area contributed by atoms with Crippen molar-refractivity contribution >= 4 is 17.8 Å². The van der Waals surface area contributed by atoms with Crippen LogP contribution in [0.15, 0.2) is 0 Å². The highest BCUT2D eigenvalue weighted by molar-refractivity contribution is 5.83. The fraction of sp³-hybridized carbons (Fsp3) is 0.700. The molecule has 0 saturated carbocycles. The SMILES string of the molecule is CC(=O)NC(CNC1CCCNC1=O)C(=O)O. The maximum Gasteiger partial charge on any atom is 0.327 e. The lowest BCUT2D eigenvalue weighted by Gasteiger charge is -2.24. The van der Waals surface area contributed by atoms with E-state index >= 15 is 0 Å². The van der Waals surface area contributed by atoms with E-state index in [1.165, 1.54) is 6.92 Å². The summed E-state index contributed by atoms with van der Waals surface area (Å²) in [4.78, 5) is 33.0. The number of carbonyl (C=O) groups excluding carboxylic acids is 2. The van der Waals surface area contributed by atoms with E-state index in [9.17, 15) is 14.4 Å². The minimum Gasteiger partial charge on any atom is -0.480 e. The number of aliphatic carboxylic acids is 1. The van der Waals surface area contributed by atoms with Crippen molar-refractivity contribution in [3.05, 3.63) is 0 Å². The highest BCUT2D eigenvalue weighted by Crippen LogP contribution is 2.02. The van der Waals surface area contributed by atoms with Gasteiger partial charge in [-0.1, -0.05) is 0 Å². The Balaban J connectivity index is 2.42. The first-order chi connectivity index (χ1) is 8.00. The molecule has 0 radical (unpaired) electrons. The number of piperidine rings is 1. The van der Waals surface area contributed by atoms with Gasteiger partial charge in [-0.25, -0.2) is 4.79 Å². The van der Waals surface area contributed by atoms with Crippen molar-refractivity contribution in [2.45, 2.75) is 31.8 Å². The Labute approximate surface area is 98.9 Å². The fourth-order valence-corrected chi connectivity index (χ4v) is 1.67. The Morgan fingerprint density at radius 3 is 2.82 bits per heavy atom. The first-order valence-electron chi connectivity index (χ1n) is 5.51. The molecule has 2 unspecified atom stereocenters. The zero-order valence-corrected chi connectivity index (χ0v) is 9.66. The van der Waals surface area contributed by atoms with Crippen molar-refractivity contribution in [3.8, 4) is 0 Å². The molecule has 0 spiro atoms. The van der Waals surface area contributed by atoms with E-state index < -0.39 is 17.9 Å². The van der Waals surface area contributed by atoms with Gasteiger partial charge in [0.15, 0.2) is 0 Å². The standard InChI is InChI=1S/C10H17N3O4/c1-6(14)13-8(10(16)17)5-12-7-3-2-4-11-9(7)15/h7-8,12H,2-5H2,1H3,(H,11,15)(H,13,14)(H,16,17). The Kier molecular flexibility index (Phi) is 4.89. The molecule has 17 heavy (non-hydrogen) atoms. The molecule has 7 heteroatoms. The van der Waals surface area contributed by atoms with Crippen LogP contribution in [0.5, 0.6) is 0 Å². The average molecular weight is 243 g/mol. The Morgan fingerprint density at radius 1 is 1.59 bits per heavy atom. The zero-order chi connectivity index (χ0) is 12.8. The highest BCUT2D eigenvalue weighted by atomic mass is 16.4. The third-order valence-corrected chi connectivity index (χ3v) is 2.53. The summed E-state index contributed by atoms with van der Waals surface area (Å²) in [6.45, 7) is 1.95. The number of amides is 2. The Morgan fingerprint density at radius 2 is 2.29 bits per heavy atom. The number of carbonyl (C=O) groups is 3. The molecule has 4 N–H and O–H groups in total. The van der Waals surface area contributed by atoms with Crippen LogP contribution in [0, 0.1) is 0 Å². The van der Waals surface area contributed by atoms with Crippen molar-refractivity contribution in [1.29, 1.82) is 0 Å². The Bertz CT molecular complexity index is 319. The van der Waals surface area contributed by atoms with Crippen LogP contribution in [0.3, 0.4) is 0 Å². The molecule has 1 fully saturated rings. The van der Waals surface area contributed by atoms with E-state index in [-0.39, 0.29) is 18.5 Å². The molecule has 1 aliphatic rings. The topological polar surface area (TPSA) is 108 Å². The quantitative estimate of drug-likeness (QED) is 0.467. The number of rotatable bonds is 5. The number of carboxylic acid groups (broad SMARTS) is 1. The first kappa shape index (κ1) is 13.4. The molecule has 2 amide bonds. The summed E-state index contributed by atoms with van der Waals surface area (Å²) in [6.07, 6.45) is 1.54. The maximum atomic E-state index is 11.4. The molecule has 0 aliphatic carbocycles. The van der Waals surface area contributed by atoms with Gasteiger partial charge in [0, 0.05) is 20.0 Å². The lowest BCUT2D eigenvalue weighted by Crippen LogP contribution is -2.54. The van der Waals surface area contributed by atoms with Crippen LogP contribution >= 0.6 is 0 Å². The van der Waals surface area contributed by atoms with Crippen LogP contribution in [0.1, 0.15) is 19.8 Å². The second-order valence-electron chi connectivity index (χ2n) is 3.99. The smallest absolute Gasteiger partial charge is 0.327 e. The minimum atomic E-state index is -1.12. The summed E-state index contributed by atoms with van der Waals surface area (Å²) in [7, 11) is 0. The highest BCUT2D eigenvalue weighted by Gasteiger charge is 2.24. The first-order valence-corrected chi connectivity index (χ1v) is 5.51. The van der Waals surface area contributed by atoms with Gasteiger partial charge >= 0.3 is 5.97 Å². The van der Waals surface area contributed by atoms with E-state index in [2.05, 4.69) is 16.0 Å². The molecule has 1 aliphatic heterocycles. The number of nitrogens with one attached hydrogen (secondary N) is 3. The largest absolute Gasteiger partial charge is 0.480 e. The molecule has 2 atom stereocenters. The van der Waals surface area contributed by atoms with Crippen LogP contribution in [0.4, 0.5) is 0 Å². The van der Waals surface area contributed by atoms with Gasteiger partial charge in [-0.3, -0.25) is 9.59 Å². The lowest BCUT2D eigenvalue weighted by atomic mass is 10.1. The summed E-state index contributed by atoms with van der Waals surface area (Å²) in [5.74, 6) is -1.65. The van der Waals surface area contributed by atoms with E-state index in [0.717, 1.165) is 6.42 Å². The molecular formula is C10H17N3O4. The van der Waals surface area contributed by atoms with E-state index in [1.54, 1.807) is 0 Å². The van der Waals surface area contributed by atoms with Crippen molar-refractivity contribution in [2.24, 2.45) is 0 Å².